The molecule has 5 aliphatic rings. The quantitative estimate of drug-likeness (QED) is 0.490. The number of Topliss-reactive ketones (excluding diaryl/α,β-unsaturated/α-hetero) is 2. The number of hydrogen-bond acceptors (Lipinski definition) is 4. The van der Waals surface area contributed by atoms with Crippen molar-refractivity contribution >= 4 is 11.6 Å². The van der Waals surface area contributed by atoms with Gasteiger partial charge >= 0.3 is 0 Å². The highest BCUT2D eigenvalue weighted by Gasteiger charge is 2.60. The van der Waals surface area contributed by atoms with Crippen LogP contribution >= 0.6 is 0 Å². The number of allylic oxidation sites excluding steroid dienone is 4. The van der Waals surface area contributed by atoms with Gasteiger partial charge in [-0.3, -0.25) is 9.59 Å². The Labute approximate surface area is 199 Å². The van der Waals surface area contributed by atoms with Crippen molar-refractivity contribution in [3.05, 3.63) is 23.3 Å². The molecule has 2 saturated carbocycles. The van der Waals surface area contributed by atoms with Crippen molar-refractivity contribution in [3.8, 4) is 0 Å². The smallest absolute Gasteiger partial charge is 0.165 e. The van der Waals surface area contributed by atoms with E-state index >= 15 is 0 Å². The molecule has 0 amide bonds. The lowest BCUT2D eigenvalue weighted by atomic mass is 9.51. The first kappa shape index (κ1) is 23.5. The lowest BCUT2D eigenvalue weighted by Crippen LogP contribution is -2.47. The highest BCUT2D eigenvalue weighted by atomic mass is 16.5. The van der Waals surface area contributed by atoms with E-state index in [0.717, 1.165) is 58.2 Å². The van der Waals surface area contributed by atoms with E-state index in [4.69, 9.17) is 9.47 Å². The van der Waals surface area contributed by atoms with Gasteiger partial charge in [0.2, 0.25) is 0 Å². The average Bonchev–Trinajstić information content (AvgIpc) is 3.08. The van der Waals surface area contributed by atoms with E-state index in [-0.39, 0.29) is 29.0 Å². The van der Waals surface area contributed by atoms with E-state index in [1.807, 2.05) is 0 Å². The monoisotopic (exact) mass is 454 g/mol. The van der Waals surface area contributed by atoms with Crippen LogP contribution in [0.4, 0.5) is 0 Å². The van der Waals surface area contributed by atoms with Crippen molar-refractivity contribution in [2.75, 3.05) is 13.2 Å². The first-order chi connectivity index (χ1) is 15.8. The summed E-state index contributed by atoms with van der Waals surface area (Å²) < 4.78 is 11.9. The zero-order chi connectivity index (χ0) is 23.4. The van der Waals surface area contributed by atoms with Crippen LogP contribution in [0.15, 0.2) is 23.3 Å². The zero-order valence-corrected chi connectivity index (χ0v) is 21.0. The minimum atomic E-state index is -0.291. The molecule has 0 spiro atoms. The summed E-state index contributed by atoms with van der Waals surface area (Å²) in [5.41, 5.74) is 3.01. The number of ether oxygens (including phenoxy) is 2. The van der Waals surface area contributed by atoms with Crippen molar-refractivity contribution in [3.63, 3.8) is 0 Å². The molecule has 0 aromatic carbocycles. The van der Waals surface area contributed by atoms with Crippen LogP contribution in [0.3, 0.4) is 0 Å². The highest BCUT2D eigenvalue weighted by Crippen LogP contribution is 2.65. The number of carbonyl (C=O) groups excluding carboxylic acids is 2. The van der Waals surface area contributed by atoms with Crippen LogP contribution < -0.4 is 0 Å². The van der Waals surface area contributed by atoms with E-state index < -0.39 is 0 Å². The van der Waals surface area contributed by atoms with E-state index in [0.29, 0.717) is 42.2 Å². The molecule has 182 valence electrons. The Morgan fingerprint density at radius 2 is 2.00 bits per heavy atom. The predicted octanol–water partition coefficient (Wildman–Crippen LogP) is 5.84. The molecular formula is C29H42O4. The molecule has 1 saturated heterocycles. The summed E-state index contributed by atoms with van der Waals surface area (Å²) in [5.74, 6) is 2.25. The van der Waals surface area contributed by atoms with Gasteiger partial charge in [0.1, 0.15) is 11.9 Å². The van der Waals surface area contributed by atoms with E-state index in [2.05, 4.69) is 39.8 Å². The van der Waals surface area contributed by atoms with Crippen LogP contribution in [0.25, 0.3) is 0 Å². The van der Waals surface area contributed by atoms with Gasteiger partial charge < -0.3 is 9.47 Å². The molecule has 33 heavy (non-hydrogen) atoms. The SMILES string of the molecule is CCC(OC1CCOCC1)C(=O)[C@H]1[C@H](C)C[C@H]2[C@@H]3CC=C4CC(=O)CC[C@]4(C)C3=CC[C@@]21C. The summed E-state index contributed by atoms with van der Waals surface area (Å²) in [7, 11) is 0. The summed E-state index contributed by atoms with van der Waals surface area (Å²) in [5, 5.41) is 0. The van der Waals surface area contributed by atoms with Gasteiger partial charge in [0.15, 0.2) is 5.78 Å². The second-order valence-corrected chi connectivity index (χ2v) is 12.0. The molecule has 4 nitrogen and oxygen atoms in total. The van der Waals surface area contributed by atoms with Gasteiger partial charge in [-0.25, -0.2) is 0 Å². The maximum Gasteiger partial charge on any atom is 0.165 e. The Balaban J connectivity index is 1.39. The van der Waals surface area contributed by atoms with Crippen molar-refractivity contribution in [1.82, 2.24) is 0 Å². The van der Waals surface area contributed by atoms with Gasteiger partial charge in [0.25, 0.3) is 0 Å². The molecule has 0 aromatic rings. The van der Waals surface area contributed by atoms with E-state index in [1.165, 1.54) is 5.57 Å². The molecule has 5 rings (SSSR count). The summed E-state index contributed by atoms with van der Waals surface area (Å²) in [4.78, 5) is 26.1. The lowest BCUT2D eigenvalue weighted by molar-refractivity contribution is -0.148. The minimum absolute atomic E-state index is 0.00329. The maximum absolute atomic E-state index is 14.0. The number of hydrogen-bond donors (Lipinski definition) is 0. The molecule has 0 radical (unpaired) electrons. The zero-order valence-electron chi connectivity index (χ0n) is 21.0. The Morgan fingerprint density at radius 3 is 2.73 bits per heavy atom. The van der Waals surface area contributed by atoms with Crippen molar-refractivity contribution < 1.29 is 19.1 Å². The molecule has 1 aliphatic heterocycles. The van der Waals surface area contributed by atoms with Gasteiger partial charge in [-0.15, -0.1) is 0 Å². The average molecular weight is 455 g/mol. The maximum atomic E-state index is 14.0. The molecule has 0 N–H and O–H groups in total. The van der Waals surface area contributed by atoms with Crippen LogP contribution in [0.5, 0.6) is 0 Å². The van der Waals surface area contributed by atoms with Crippen LogP contribution in [0.2, 0.25) is 0 Å². The third kappa shape index (κ3) is 3.80. The topological polar surface area (TPSA) is 52.6 Å². The predicted molar refractivity (Wildman–Crippen MR) is 129 cm³/mol. The van der Waals surface area contributed by atoms with Gasteiger partial charge in [-0.2, -0.15) is 0 Å². The Hall–Kier alpha value is -1.26. The Bertz CT molecular complexity index is 865. The standard InChI is InChI=1S/C29H42O4/c1-5-25(33-21-10-14-32-15-11-21)27(31)26-18(2)16-24-22-7-6-19-17-20(30)8-12-28(19,3)23(22)9-13-29(24,26)4/h6,9,18,21-22,24-26H,5,7-8,10-17H2,1-4H3/t18-,22-,24+,25?,26-,28+,29+/m1/s1. The molecule has 4 heteroatoms. The molecule has 7 atom stereocenters. The highest BCUT2D eigenvalue weighted by molar-refractivity contribution is 5.87. The minimum Gasteiger partial charge on any atom is -0.381 e. The van der Waals surface area contributed by atoms with Gasteiger partial charge in [0.05, 0.1) is 6.10 Å². The molecule has 0 aromatic heterocycles. The van der Waals surface area contributed by atoms with Gasteiger partial charge in [-0.1, -0.05) is 51.0 Å². The summed E-state index contributed by atoms with van der Waals surface area (Å²) in [6, 6.07) is 0. The van der Waals surface area contributed by atoms with Crippen molar-refractivity contribution in [2.45, 2.75) is 97.7 Å². The van der Waals surface area contributed by atoms with Crippen LogP contribution in [0, 0.1) is 34.5 Å². The molecule has 1 heterocycles. The molecule has 4 aliphatic carbocycles. The van der Waals surface area contributed by atoms with Crippen molar-refractivity contribution in [2.24, 2.45) is 34.5 Å². The fourth-order valence-electron chi connectivity index (χ4n) is 8.37. The number of ketones is 2. The largest absolute Gasteiger partial charge is 0.381 e. The first-order valence-electron chi connectivity index (χ1n) is 13.5. The summed E-state index contributed by atoms with van der Waals surface area (Å²) in [6.07, 6.45) is 12.8. The second kappa shape index (κ2) is 8.75. The number of fused-ring (bicyclic) bond motifs is 5. The fourth-order valence-corrected chi connectivity index (χ4v) is 8.37. The summed E-state index contributed by atoms with van der Waals surface area (Å²) >= 11 is 0. The normalized spacial score (nSPS) is 42.0. The number of carbonyl (C=O) groups is 2. The molecule has 0 bridgehead atoms. The van der Waals surface area contributed by atoms with Crippen LogP contribution in [-0.4, -0.2) is 37.0 Å². The first-order valence-corrected chi connectivity index (χ1v) is 13.5. The Morgan fingerprint density at radius 1 is 1.24 bits per heavy atom. The van der Waals surface area contributed by atoms with Crippen LogP contribution in [0.1, 0.15) is 85.5 Å². The van der Waals surface area contributed by atoms with E-state index in [1.54, 1.807) is 5.57 Å². The van der Waals surface area contributed by atoms with Crippen molar-refractivity contribution in [1.29, 1.82) is 0 Å². The number of rotatable bonds is 5. The Kier molecular flexibility index (Phi) is 6.23. The van der Waals surface area contributed by atoms with Crippen LogP contribution in [-0.2, 0) is 19.1 Å². The second-order valence-electron chi connectivity index (χ2n) is 12.0. The lowest BCUT2D eigenvalue weighted by Gasteiger charge is -2.52. The fraction of sp³-hybridized carbons (Fsp3) is 0.793. The third-order valence-electron chi connectivity index (χ3n) is 10.2. The third-order valence-corrected chi connectivity index (χ3v) is 10.2. The molecular weight excluding hydrogens is 412 g/mol. The van der Waals surface area contributed by atoms with E-state index in [9.17, 15) is 9.59 Å². The summed E-state index contributed by atoms with van der Waals surface area (Å²) in [6.45, 7) is 10.6. The van der Waals surface area contributed by atoms with Gasteiger partial charge in [-0.05, 0) is 68.1 Å². The van der Waals surface area contributed by atoms with Gasteiger partial charge in [0, 0.05) is 37.4 Å². The molecule has 1 unspecified atom stereocenters. The molecule has 3 fully saturated rings.